The molecule has 11 nitrogen and oxygen atoms in total. The highest BCUT2D eigenvalue weighted by Crippen LogP contribution is 2.34. The fraction of sp³-hybridized carbons (Fsp3) is 0.367. The van der Waals surface area contributed by atoms with Crippen molar-refractivity contribution in [1.29, 1.82) is 0 Å². The molecule has 0 spiro atoms. The number of carbonyl (C=O) groups is 3. The quantitative estimate of drug-likeness (QED) is 0.254. The zero-order valence-corrected chi connectivity index (χ0v) is 27.4. The molecular weight excluding hydrogens is 624 g/mol. The van der Waals surface area contributed by atoms with Crippen molar-refractivity contribution in [3.8, 4) is 17.4 Å². The first-order valence-corrected chi connectivity index (χ1v) is 16.2. The number of piperazine rings is 1. The third-order valence-corrected chi connectivity index (χ3v) is 8.88. The summed E-state index contributed by atoms with van der Waals surface area (Å²) in [7, 11) is 3.74. The van der Waals surface area contributed by atoms with Crippen LogP contribution in [0.2, 0.25) is 5.02 Å². The van der Waals surface area contributed by atoms with Crippen LogP contribution in [0.5, 0.6) is 17.4 Å². The number of methoxy groups -OCH3 is 1. The van der Waals surface area contributed by atoms with Crippen molar-refractivity contribution in [3.63, 3.8) is 0 Å². The molecular formula is C30H35ClN6O5S2. The van der Waals surface area contributed by atoms with Gasteiger partial charge in [0.15, 0.2) is 10.2 Å². The monoisotopic (exact) mass is 658 g/mol. The van der Waals surface area contributed by atoms with E-state index < -0.39 is 5.92 Å². The number of rotatable bonds is 12. The van der Waals surface area contributed by atoms with Crippen molar-refractivity contribution in [1.82, 2.24) is 14.9 Å². The van der Waals surface area contributed by atoms with E-state index >= 15 is 0 Å². The molecule has 44 heavy (non-hydrogen) atoms. The molecule has 1 fully saturated rings. The van der Waals surface area contributed by atoms with Gasteiger partial charge in [0.25, 0.3) is 0 Å². The highest BCUT2D eigenvalue weighted by atomic mass is 35.5. The number of nitrogens with one attached hydrogen (secondary N) is 2. The average Bonchev–Trinajstić information content (AvgIpc) is 2.99. The number of carbonyl (C=O) groups excluding carboxylic acids is 3. The Kier molecular flexibility index (Phi) is 12.1. The molecule has 1 aromatic heterocycles. The van der Waals surface area contributed by atoms with Gasteiger partial charge in [-0.05, 0) is 31.3 Å². The molecule has 1 aliphatic heterocycles. The van der Waals surface area contributed by atoms with Gasteiger partial charge in [-0.25, -0.2) is 4.98 Å². The Morgan fingerprint density at radius 2 is 1.73 bits per heavy atom. The van der Waals surface area contributed by atoms with Crippen LogP contribution < -0.4 is 25.0 Å². The van der Waals surface area contributed by atoms with Crippen LogP contribution in [0.3, 0.4) is 0 Å². The van der Waals surface area contributed by atoms with Gasteiger partial charge in [-0.15, -0.1) is 0 Å². The van der Waals surface area contributed by atoms with Crippen molar-refractivity contribution in [2.75, 3.05) is 67.4 Å². The predicted molar refractivity (Wildman–Crippen MR) is 178 cm³/mol. The Balaban J connectivity index is 1.45. The van der Waals surface area contributed by atoms with Crippen LogP contribution >= 0.6 is 35.1 Å². The summed E-state index contributed by atoms with van der Waals surface area (Å²) in [5.74, 6) is 1.11. The van der Waals surface area contributed by atoms with Crippen LogP contribution in [0.25, 0.3) is 0 Å². The summed E-state index contributed by atoms with van der Waals surface area (Å²) in [6, 6.07) is 12.7. The van der Waals surface area contributed by atoms with E-state index in [9.17, 15) is 14.4 Å². The number of amides is 1. The zero-order valence-electron chi connectivity index (χ0n) is 25.0. The molecule has 14 heteroatoms. The van der Waals surface area contributed by atoms with Gasteiger partial charge in [0.1, 0.15) is 16.5 Å². The first kappa shape index (κ1) is 33.4. The molecule has 0 saturated carbocycles. The zero-order chi connectivity index (χ0) is 31.6. The number of anilines is 4. The molecule has 234 valence electrons. The van der Waals surface area contributed by atoms with Gasteiger partial charge in [0.05, 0.1) is 24.9 Å². The van der Waals surface area contributed by atoms with E-state index in [1.54, 1.807) is 31.4 Å². The van der Waals surface area contributed by atoms with Gasteiger partial charge >= 0.3 is 0 Å². The molecule has 0 unspecified atom stereocenters. The fourth-order valence-corrected chi connectivity index (χ4v) is 5.97. The topological polar surface area (TPSA) is 126 Å². The lowest BCUT2D eigenvalue weighted by molar-refractivity contribution is -0.118. The second kappa shape index (κ2) is 16.0. The number of nitrogens with zero attached hydrogens (tertiary/aromatic N) is 4. The molecule has 2 aromatic carbocycles. The van der Waals surface area contributed by atoms with E-state index in [0.717, 1.165) is 55.4 Å². The maximum absolute atomic E-state index is 13.0. The first-order valence-electron chi connectivity index (χ1n) is 13.9. The van der Waals surface area contributed by atoms with Crippen molar-refractivity contribution in [2.24, 2.45) is 5.92 Å². The van der Waals surface area contributed by atoms with Gasteiger partial charge < -0.3 is 29.9 Å². The summed E-state index contributed by atoms with van der Waals surface area (Å²) in [4.78, 5) is 49.3. The summed E-state index contributed by atoms with van der Waals surface area (Å²) >= 11 is 8.47. The number of hydrogen-bond acceptors (Lipinski definition) is 12. The molecule has 1 saturated heterocycles. The van der Waals surface area contributed by atoms with Gasteiger partial charge in [0.2, 0.25) is 17.7 Å². The molecule has 4 rings (SSSR count). The van der Waals surface area contributed by atoms with Crippen LogP contribution in [0.15, 0.2) is 48.7 Å². The highest BCUT2D eigenvalue weighted by Gasteiger charge is 2.21. The number of hydrogen-bond donors (Lipinski definition) is 2. The summed E-state index contributed by atoms with van der Waals surface area (Å²) in [5.41, 5.74) is 2.24. The van der Waals surface area contributed by atoms with E-state index in [1.165, 1.54) is 20.0 Å². The maximum atomic E-state index is 13.0. The largest absolute Gasteiger partial charge is 0.494 e. The van der Waals surface area contributed by atoms with Crippen molar-refractivity contribution >= 4 is 74.3 Å². The SMILES string of the molecule is COc1cc(N2CCN(C)CC2)ccc1Nc1ncc(Cl)c(Oc2cccc(NC(=O)C(CSC(C)=O)CSC(C)=O)c2)n1. The van der Waals surface area contributed by atoms with Gasteiger partial charge in [-0.1, -0.05) is 41.2 Å². The van der Waals surface area contributed by atoms with E-state index in [1.807, 2.05) is 18.2 Å². The number of likely N-dealkylation sites (N-methyl/N-ethyl adjacent to an activating group) is 1. The molecule has 0 bridgehead atoms. The summed E-state index contributed by atoms with van der Waals surface area (Å²) in [6.07, 6.45) is 1.44. The van der Waals surface area contributed by atoms with E-state index in [2.05, 4.69) is 37.4 Å². The van der Waals surface area contributed by atoms with Gasteiger partial charge in [-0.3, -0.25) is 14.4 Å². The maximum Gasteiger partial charge on any atom is 0.243 e. The minimum Gasteiger partial charge on any atom is -0.494 e. The normalized spacial score (nSPS) is 13.5. The van der Waals surface area contributed by atoms with Crippen LogP contribution in [-0.4, -0.2) is 82.8 Å². The predicted octanol–water partition coefficient (Wildman–Crippen LogP) is 5.54. The second-order valence-electron chi connectivity index (χ2n) is 10.1. The number of aromatic nitrogens is 2. The lowest BCUT2D eigenvalue weighted by Crippen LogP contribution is -2.44. The van der Waals surface area contributed by atoms with Crippen LogP contribution in [-0.2, 0) is 14.4 Å². The van der Waals surface area contributed by atoms with Crippen molar-refractivity contribution < 1.29 is 23.9 Å². The summed E-state index contributed by atoms with van der Waals surface area (Å²) < 4.78 is 11.6. The standard InChI is InChI=1S/C30H35ClN6O5S2/c1-19(38)43-17-21(18-44-20(2)39)28(40)33-22-6-5-7-24(14-22)42-29-25(31)16-32-30(35-29)34-26-9-8-23(15-27(26)41-4)37-12-10-36(3)11-13-37/h5-9,14-16,21H,10-13,17-18H2,1-4H3,(H,33,40)(H,32,34,35). The Morgan fingerprint density at radius 3 is 2.39 bits per heavy atom. The average molecular weight is 659 g/mol. The van der Waals surface area contributed by atoms with Gasteiger partial charge in [0, 0.05) is 75.0 Å². The summed E-state index contributed by atoms with van der Waals surface area (Å²) in [6.45, 7) is 6.77. The summed E-state index contributed by atoms with van der Waals surface area (Å²) in [5, 5.41) is 6.04. The minimum absolute atomic E-state index is 0.0947. The van der Waals surface area contributed by atoms with E-state index in [-0.39, 0.29) is 44.5 Å². The van der Waals surface area contributed by atoms with Gasteiger partial charge in [-0.2, -0.15) is 4.98 Å². The highest BCUT2D eigenvalue weighted by molar-refractivity contribution is 8.14. The number of ether oxygens (including phenoxy) is 2. The third-order valence-electron chi connectivity index (χ3n) is 6.67. The van der Waals surface area contributed by atoms with Crippen LogP contribution in [0, 0.1) is 5.92 Å². The number of benzene rings is 2. The number of thioether (sulfide) groups is 2. The van der Waals surface area contributed by atoms with Crippen molar-refractivity contribution in [2.45, 2.75) is 13.8 Å². The molecule has 2 heterocycles. The lowest BCUT2D eigenvalue weighted by Gasteiger charge is -2.34. The van der Waals surface area contributed by atoms with E-state index in [0.29, 0.717) is 22.9 Å². The van der Waals surface area contributed by atoms with Crippen LogP contribution in [0.4, 0.5) is 23.0 Å². The first-order chi connectivity index (χ1) is 21.1. The molecule has 0 aliphatic carbocycles. The van der Waals surface area contributed by atoms with E-state index in [4.69, 9.17) is 21.1 Å². The van der Waals surface area contributed by atoms with Crippen molar-refractivity contribution in [3.05, 3.63) is 53.7 Å². The minimum atomic E-state index is -0.542. The molecule has 0 atom stereocenters. The third kappa shape index (κ3) is 9.74. The smallest absolute Gasteiger partial charge is 0.243 e. The molecule has 3 aromatic rings. The Labute approximate surface area is 270 Å². The lowest BCUT2D eigenvalue weighted by atomic mass is 10.2. The number of halogens is 1. The Hall–Kier alpha value is -3.52. The molecule has 0 radical (unpaired) electrons. The Bertz CT molecular complexity index is 1470. The fourth-order valence-electron chi connectivity index (χ4n) is 4.28. The molecule has 1 amide bonds. The van der Waals surface area contributed by atoms with Crippen LogP contribution in [0.1, 0.15) is 13.8 Å². The molecule has 1 aliphatic rings. The molecule has 2 N–H and O–H groups in total. The second-order valence-corrected chi connectivity index (χ2v) is 12.9. The Morgan fingerprint density at radius 1 is 1.02 bits per heavy atom.